The normalized spacial score (nSPS) is 23.3. The Morgan fingerprint density at radius 1 is 1.24 bits per heavy atom. The first-order chi connectivity index (χ1) is 10.0. The monoisotopic (exact) mass is 335 g/mol. The van der Waals surface area contributed by atoms with Gasteiger partial charge in [-0.25, -0.2) is 0 Å². The molecule has 21 heavy (non-hydrogen) atoms. The Morgan fingerprint density at radius 3 is 2.48 bits per heavy atom. The van der Waals surface area contributed by atoms with Crippen LogP contribution in [0.5, 0.6) is 0 Å². The number of hydrogen-bond acceptors (Lipinski definition) is 4. The van der Waals surface area contributed by atoms with Crippen LogP contribution in [0.4, 0.5) is 0 Å². The van der Waals surface area contributed by atoms with E-state index in [0.717, 1.165) is 37.6 Å². The van der Waals surface area contributed by atoms with Crippen LogP contribution in [0.2, 0.25) is 0 Å². The summed E-state index contributed by atoms with van der Waals surface area (Å²) in [6, 6.07) is 0.752. The maximum absolute atomic E-state index is 12.3. The van der Waals surface area contributed by atoms with Gasteiger partial charge in [-0.15, -0.1) is 0 Å². The van der Waals surface area contributed by atoms with E-state index in [9.17, 15) is 8.42 Å². The van der Waals surface area contributed by atoms with Gasteiger partial charge in [-0.2, -0.15) is 29.2 Å². The number of nitrogens with zero attached hydrogens (tertiary/aromatic N) is 1. The van der Waals surface area contributed by atoms with Crippen LogP contribution in [0.1, 0.15) is 39.0 Å². The third kappa shape index (κ3) is 6.06. The molecule has 0 amide bonds. The summed E-state index contributed by atoms with van der Waals surface area (Å²) >= 11 is 1.75. The third-order valence-corrected chi connectivity index (χ3v) is 6.68. The van der Waals surface area contributed by atoms with E-state index in [1.807, 2.05) is 13.2 Å². The Balaban J connectivity index is 1.71. The molecule has 2 aliphatic rings. The second kappa shape index (κ2) is 8.15. The van der Waals surface area contributed by atoms with Crippen molar-refractivity contribution < 1.29 is 8.42 Å². The van der Waals surface area contributed by atoms with Crippen molar-refractivity contribution in [3.63, 3.8) is 0 Å². The maximum Gasteiger partial charge on any atom is 0.279 e. The van der Waals surface area contributed by atoms with Crippen molar-refractivity contribution in [1.29, 1.82) is 0 Å². The Hall–Kier alpha value is 0.180. The van der Waals surface area contributed by atoms with Crippen LogP contribution in [-0.2, 0) is 10.2 Å². The zero-order valence-electron chi connectivity index (χ0n) is 13.2. The zero-order valence-corrected chi connectivity index (χ0v) is 14.8. The molecular formula is C14H29N3O2S2. The van der Waals surface area contributed by atoms with Crippen LogP contribution < -0.4 is 10.0 Å². The Labute approximate surface area is 133 Å². The molecule has 1 aliphatic heterocycles. The van der Waals surface area contributed by atoms with Crippen molar-refractivity contribution in [3.8, 4) is 0 Å². The number of nitrogens with one attached hydrogen (secondary N) is 2. The molecule has 1 aliphatic carbocycles. The first-order valence-corrected chi connectivity index (χ1v) is 10.8. The number of thioether (sulfide) groups is 1. The van der Waals surface area contributed by atoms with Crippen molar-refractivity contribution in [2.24, 2.45) is 5.92 Å². The molecule has 7 heteroatoms. The van der Waals surface area contributed by atoms with E-state index in [4.69, 9.17) is 0 Å². The SMILES string of the molecule is CSCCC(C)NS(=O)(=O)N1CCC(CNC2CC2)CC1. The highest BCUT2D eigenvalue weighted by molar-refractivity contribution is 7.98. The lowest BCUT2D eigenvalue weighted by Crippen LogP contribution is -2.48. The molecule has 2 fully saturated rings. The molecule has 1 atom stereocenters. The summed E-state index contributed by atoms with van der Waals surface area (Å²) in [7, 11) is -3.30. The molecular weight excluding hydrogens is 306 g/mol. The second-order valence-electron chi connectivity index (χ2n) is 6.33. The van der Waals surface area contributed by atoms with Crippen LogP contribution in [0, 0.1) is 5.92 Å². The first-order valence-electron chi connectivity index (χ1n) is 8.01. The first kappa shape index (κ1) is 17.5. The van der Waals surface area contributed by atoms with Gasteiger partial charge in [-0.1, -0.05) is 0 Å². The number of rotatable bonds is 9. The van der Waals surface area contributed by atoms with E-state index in [2.05, 4.69) is 10.0 Å². The molecule has 0 aromatic rings. The van der Waals surface area contributed by atoms with E-state index < -0.39 is 10.2 Å². The van der Waals surface area contributed by atoms with Gasteiger partial charge < -0.3 is 5.32 Å². The van der Waals surface area contributed by atoms with Gasteiger partial charge >= 0.3 is 0 Å². The minimum absolute atomic E-state index is 0.0108. The predicted molar refractivity (Wildman–Crippen MR) is 89.8 cm³/mol. The molecule has 0 spiro atoms. The highest BCUT2D eigenvalue weighted by Gasteiger charge is 2.29. The van der Waals surface area contributed by atoms with Gasteiger partial charge in [0, 0.05) is 25.2 Å². The molecule has 0 aromatic carbocycles. The zero-order chi connectivity index (χ0) is 15.3. The molecule has 1 saturated heterocycles. The molecule has 5 nitrogen and oxygen atoms in total. The highest BCUT2D eigenvalue weighted by Crippen LogP contribution is 2.22. The lowest BCUT2D eigenvalue weighted by Gasteiger charge is -2.32. The van der Waals surface area contributed by atoms with Crippen LogP contribution >= 0.6 is 11.8 Å². The second-order valence-corrected chi connectivity index (χ2v) is 9.02. The fourth-order valence-electron chi connectivity index (χ4n) is 2.66. The van der Waals surface area contributed by atoms with Gasteiger partial charge in [0.25, 0.3) is 10.2 Å². The van der Waals surface area contributed by atoms with Crippen molar-refractivity contribution >= 4 is 22.0 Å². The fraction of sp³-hybridized carbons (Fsp3) is 1.00. The van der Waals surface area contributed by atoms with Crippen molar-refractivity contribution in [2.45, 2.75) is 51.1 Å². The summed E-state index contributed by atoms with van der Waals surface area (Å²) in [4.78, 5) is 0. The molecule has 0 bridgehead atoms. The smallest absolute Gasteiger partial charge is 0.279 e. The van der Waals surface area contributed by atoms with Gasteiger partial charge in [0.1, 0.15) is 0 Å². The highest BCUT2D eigenvalue weighted by atomic mass is 32.2. The summed E-state index contributed by atoms with van der Waals surface area (Å²) in [6.07, 6.45) is 7.49. The van der Waals surface area contributed by atoms with Crippen molar-refractivity contribution in [3.05, 3.63) is 0 Å². The predicted octanol–water partition coefficient (Wildman–Crippen LogP) is 1.43. The fourth-order valence-corrected chi connectivity index (χ4v) is 4.71. The number of hydrogen-bond donors (Lipinski definition) is 2. The van der Waals surface area contributed by atoms with Gasteiger partial charge in [0.05, 0.1) is 0 Å². The van der Waals surface area contributed by atoms with Gasteiger partial charge in [-0.3, -0.25) is 0 Å². The van der Waals surface area contributed by atoms with Crippen LogP contribution in [0.3, 0.4) is 0 Å². The molecule has 1 saturated carbocycles. The molecule has 2 N–H and O–H groups in total. The molecule has 0 aromatic heterocycles. The largest absolute Gasteiger partial charge is 0.314 e. The van der Waals surface area contributed by atoms with Crippen LogP contribution in [0.15, 0.2) is 0 Å². The standard InChI is InChI=1S/C14H29N3O2S2/c1-12(7-10-20-2)16-21(18,19)17-8-5-13(6-9-17)11-15-14-3-4-14/h12-16H,3-11H2,1-2H3. The topological polar surface area (TPSA) is 61.4 Å². The average Bonchev–Trinajstić information content (AvgIpc) is 3.27. The van der Waals surface area contributed by atoms with Gasteiger partial charge in [-0.05, 0) is 63.5 Å². The quantitative estimate of drug-likeness (QED) is 0.669. The van der Waals surface area contributed by atoms with E-state index in [1.165, 1.54) is 12.8 Å². The van der Waals surface area contributed by atoms with Crippen molar-refractivity contribution in [2.75, 3.05) is 31.6 Å². The summed E-state index contributed by atoms with van der Waals surface area (Å²) in [5.74, 6) is 1.62. The molecule has 1 heterocycles. The summed E-state index contributed by atoms with van der Waals surface area (Å²) < 4.78 is 29.1. The minimum atomic E-state index is -3.30. The van der Waals surface area contributed by atoms with E-state index in [0.29, 0.717) is 19.0 Å². The van der Waals surface area contributed by atoms with Crippen LogP contribution in [-0.4, -0.2) is 56.4 Å². The number of piperidine rings is 1. The lowest BCUT2D eigenvalue weighted by atomic mass is 9.98. The minimum Gasteiger partial charge on any atom is -0.314 e. The Bertz CT molecular complexity index is 404. The van der Waals surface area contributed by atoms with E-state index in [-0.39, 0.29) is 6.04 Å². The maximum atomic E-state index is 12.3. The summed E-state index contributed by atoms with van der Waals surface area (Å²) in [6.45, 7) is 4.30. The molecule has 2 rings (SSSR count). The van der Waals surface area contributed by atoms with E-state index >= 15 is 0 Å². The van der Waals surface area contributed by atoms with Gasteiger partial charge in [0.15, 0.2) is 0 Å². The summed E-state index contributed by atoms with van der Waals surface area (Å²) in [5, 5.41) is 3.55. The van der Waals surface area contributed by atoms with Gasteiger partial charge in [0.2, 0.25) is 0 Å². The van der Waals surface area contributed by atoms with Crippen LogP contribution in [0.25, 0.3) is 0 Å². The molecule has 1 unspecified atom stereocenters. The summed E-state index contributed by atoms with van der Waals surface area (Å²) in [5.41, 5.74) is 0. The molecule has 0 radical (unpaired) electrons. The Kier molecular flexibility index (Phi) is 6.80. The van der Waals surface area contributed by atoms with Crippen molar-refractivity contribution in [1.82, 2.24) is 14.3 Å². The van der Waals surface area contributed by atoms with E-state index in [1.54, 1.807) is 16.1 Å². The average molecular weight is 336 g/mol. The molecule has 124 valence electrons. The third-order valence-electron chi connectivity index (χ3n) is 4.29. The Morgan fingerprint density at radius 2 is 1.90 bits per heavy atom. The lowest BCUT2D eigenvalue weighted by molar-refractivity contribution is 0.263.